The van der Waals surface area contributed by atoms with Crippen molar-refractivity contribution in [2.24, 2.45) is 0 Å². The summed E-state index contributed by atoms with van der Waals surface area (Å²) in [5.74, 6) is 0.402. The third kappa shape index (κ3) is 4.54. The number of para-hydroxylation sites is 1. The molecule has 1 fully saturated rings. The van der Waals surface area contributed by atoms with E-state index >= 15 is 0 Å². The minimum absolute atomic E-state index is 0.144. The first kappa shape index (κ1) is 21.6. The van der Waals surface area contributed by atoms with Crippen LogP contribution in [0.5, 0.6) is 5.75 Å². The average molecular weight is 476 g/mol. The Morgan fingerprint density at radius 1 is 1.00 bits per heavy atom. The largest absolute Gasteiger partial charge is 0.496 e. The molecule has 31 heavy (non-hydrogen) atoms. The smallest absolute Gasteiger partial charge is 0.273 e. The normalized spacial score (nSPS) is 13.9. The molecule has 3 aromatic rings. The molecule has 160 valence electrons. The lowest BCUT2D eigenvalue weighted by Crippen LogP contribution is -2.50. The fourth-order valence-electron chi connectivity index (χ4n) is 3.42. The van der Waals surface area contributed by atoms with Crippen molar-refractivity contribution in [3.8, 4) is 16.3 Å². The minimum Gasteiger partial charge on any atom is -0.496 e. The topological polar surface area (TPSA) is 62.7 Å². The molecule has 0 aliphatic carbocycles. The van der Waals surface area contributed by atoms with E-state index in [2.05, 4.69) is 4.98 Å². The van der Waals surface area contributed by atoms with Gasteiger partial charge in [-0.05, 0) is 30.3 Å². The van der Waals surface area contributed by atoms with E-state index in [1.165, 1.54) is 11.3 Å². The maximum Gasteiger partial charge on any atom is 0.273 e. The van der Waals surface area contributed by atoms with E-state index in [9.17, 15) is 9.59 Å². The van der Waals surface area contributed by atoms with Crippen LogP contribution < -0.4 is 4.74 Å². The number of thiazole rings is 1. The van der Waals surface area contributed by atoms with Crippen LogP contribution in [0.15, 0.2) is 47.8 Å². The lowest BCUT2D eigenvalue weighted by molar-refractivity contribution is 0.0533. The van der Waals surface area contributed by atoms with Crippen LogP contribution in [0.4, 0.5) is 0 Å². The Hall–Kier alpha value is -2.61. The molecule has 1 aliphatic heterocycles. The van der Waals surface area contributed by atoms with E-state index in [4.69, 9.17) is 27.9 Å². The predicted molar refractivity (Wildman–Crippen MR) is 122 cm³/mol. The number of hydrogen-bond donors (Lipinski definition) is 0. The summed E-state index contributed by atoms with van der Waals surface area (Å²) in [5.41, 5.74) is 1.66. The second kappa shape index (κ2) is 9.26. The van der Waals surface area contributed by atoms with Gasteiger partial charge in [0.2, 0.25) is 0 Å². The van der Waals surface area contributed by atoms with Gasteiger partial charge in [0.05, 0.1) is 23.3 Å². The zero-order chi connectivity index (χ0) is 22.0. The van der Waals surface area contributed by atoms with E-state index in [1.54, 1.807) is 40.5 Å². The SMILES string of the molecule is COc1ccccc1-c1nc(C(=O)N2CCN(C(=O)c3ccc(Cl)cc3Cl)CC2)cs1. The summed E-state index contributed by atoms with van der Waals surface area (Å²) < 4.78 is 5.39. The fraction of sp³-hybridized carbons (Fsp3) is 0.227. The number of rotatable bonds is 4. The third-order valence-corrected chi connectivity index (χ3v) is 6.50. The Morgan fingerprint density at radius 3 is 2.35 bits per heavy atom. The van der Waals surface area contributed by atoms with Crippen molar-refractivity contribution in [1.82, 2.24) is 14.8 Å². The molecule has 0 saturated carbocycles. The van der Waals surface area contributed by atoms with E-state index in [1.807, 2.05) is 24.3 Å². The summed E-state index contributed by atoms with van der Waals surface area (Å²) in [6.07, 6.45) is 0. The van der Waals surface area contributed by atoms with Gasteiger partial charge in [0.1, 0.15) is 16.5 Å². The molecule has 1 aromatic heterocycles. The molecular weight excluding hydrogens is 457 g/mol. The summed E-state index contributed by atoms with van der Waals surface area (Å²) >= 11 is 13.5. The van der Waals surface area contributed by atoms with Gasteiger partial charge in [-0.1, -0.05) is 35.3 Å². The summed E-state index contributed by atoms with van der Waals surface area (Å²) in [5, 5.41) is 3.29. The van der Waals surface area contributed by atoms with Crippen LogP contribution in [0.25, 0.3) is 10.6 Å². The van der Waals surface area contributed by atoms with Crippen LogP contribution in [-0.2, 0) is 0 Å². The lowest BCUT2D eigenvalue weighted by Gasteiger charge is -2.34. The van der Waals surface area contributed by atoms with Gasteiger partial charge >= 0.3 is 0 Å². The van der Waals surface area contributed by atoms with Crippen LogP contribution in [-0.4, -0.2) is 59.9 Å². The summed E-state index contributed by atoms with van der Waals surface area (Å²) in [6, 6.07) is 12.4. The Balaban J connectivity index is 1.42. The highest BCUT2D eigenvalue weighted by molar-refractivity contribution is 7.13. The van der Waals surface area contributed by atoms with Crippen LogP contribution in [0.1, 0.15) is 20.8 Å². The summed E-state index contributed by atoms with van der Waals surface area (Å²) in [7, 11) is 1.61. The van der Waals surface area contributed by atoms with E-state index in [0.717, 1.165) is 10.6 Å². The number of ether oxygens (including phenoxy) is 1. The number of amides is 2. The molecule has 4 rings (SSSR count). The van der Waals surface area contributed by atoms with Crippen molar-refractivity contribution in [1.29, 1.82) is 0 Å². The molecule has 1 aliphatic rings. The van der Waals surface area contributed by atoms with Crippen molar-refractivity contribution in [3.05, 3.63) is 69.1 Å². The zero-order valence-electron chi connectivity index (χ0n) is 16.7. The standard InChI is InChI=1S/C22H19Cl2N3O3S/c1-30-19-5-3-2-4-16(19)20-25-18(13-31-20)22(29)27-10-8-26(9-11-27)21(28)15-7-6-14(23)12-17(15)24/h2-7,12-13H,8-11H2,1H3. The van der Waals surface area contributed by atoms with Gasteiger partial charge in [0.25, 0.3) is 11.8 Å². The van der Waals surface area contributed by atoms with Gasteiger partial charge in [-0.25, -0.2) is 4.98 Å². The third-order valence-electron chi connectivity index (χ3n) is 5.08. The second-order valence-corrected chi connectivity index (χ2v) is 8.65. The molecule has 0 atom stereocenters. The quantitative estimate of drug-likeness (QED) is 0.547. The van der Waals surface area contributed by atoms with Gasteiger partial charge in [0, 0.05) is 36.6 Å². The number of hydrogen-bond acceptors (Lipinski definition) is 5. The van der Waals surface area contributed by atoms with Gasteiger partial charge in [-0.15, -0.1) is 11.3 Å². The van der Waals surface area contributed by atoms with Crippen LogP contribution in [0.3, 0.4) is 0 Å². The van der Waals surface area contributed by atoms with Crippen LogP contribution >= 0.6 is 34.5 Å². The fourth-order valence-corrected chi connectivity index (χ4v) is 4.74. The molecule has 0 unspecified atom stereocenters. The predicted octanol–water partition coefficient (Wildman–Crippen LogP) is 4.72. The van der Waals surface area contributed by atoms with Crippen molar-refractivity contribution >= 4 is 46.4 Å². The molecule has 0 spiro atoms. The van der Waals surface area contributed by atoms with Gasteiger partial charge in [0.15, 0.2) is 0 Å². The molecule has 0 radical (unpaired) electrons. The van der Waals surface area contributed by atoms with Crippen LogP contribution in [0.2, 0.25) is 10.0 Å². The number of methoxy groups -OCH3 is 1. The second-order valence-electron chi connectivity index (χ2n) is 6.95. The molecule has 2 heterocycles. The van der Waals surface area contributed by atoms with Crippen molar-refractivity contribution in [3.63, 3.8) is 0 Å². The summed E-state index contributed by atoms with van der Waals surface area (Å²) in [4.78, 5) is 33.6. The number of nitrogens with zero attached hydrogens (tertiary/aromatic N) is 3. The molecule has 6 nitrogen and oxygen atoms in total. The molecule has 0 N–H and O–H groups in total. The Bertz CT molecular complexity index is 1130. The number of carbonyl (C=O) groups is 2. The monoisotopic (exact) mass is 475 g/mol. The Labute approximate surface area is 194 Å². The van der Waals surface area contributed by atoms with Gasteiger partial charge < -0.3 is 14.5 Å². The molecule has 1 saturated heterocycles. The van der Waals surface area contributed by atoms with E-state index in [-0.39, 0.29) is 11.8 Å². The zero-order valence-corrected chi connectivity index (χ0v) is 19.0. The number of carbonyl (C=O) groups excluding carboxylic acids is 2. The molecule has 2 amide bonds. The number of benzene rings is 2. The van der Waals surface area contributed by atoms with E-state index < -0.39 is 0 Å². The van der Waals surface area contributed by atoms with Gasteiger partial charge in [-0.3, -0.25) is 9.59 Å². The first-order valence-corrected chi connectivity index (χ1v) is 11.2. The molecule has 9 heteroatoms. The first-order chi connectivity index (χ1) is 15.0. The highest BCUT2D eigenvalue weighted by Gasteiger charge is 2.27. The average Bonchev–Trinajstić information content (AvgIpc) is 3.28. The van der Waals surface area contributed by atoms with Crippen molar-refractivity contribution in [2.75, 3.05) is 33.3 Å². The van der Waals surface area contributed by atoms with Crippen LogP contribution in [0, 0.1) is 0 Å². The highest BCUT2D eigenvalue weighted by atomic mass is 35.5. The number of piperazine rings is 1. The Morgan fingerprint density at radius 2 is 1.68 bits per heavy atom. The summed E-state index contributed by atoms with van der Waals surface area (Å²) in [6.45, 7) is 1.70. The van der Waals surface area contributed by atoms with E-state index in [0.29, 0.717) is 53.2 Å². The molecule has 0 bridgehead atoms. The Kier molecular flexibility index (Phi) is 6.46. The highest BCUT2D eigenvalue weighted by Crippen LogP contribution is 2.32. The first-order valence-electron chi connectivity index (χ1n) is 9.60. The number of aromatic nitrogens is 1. The minimum atomic E-state index is -0.166. The number of halogens is 2. The maximum absolute atomic E-state index is 12.9. The van der Waals surface area contributed by atoms with Crippen molar-refractivity contribution < 1.29 is 14.3 Å². The van der Waals surface area contributed by atoms with Gasteiger partial charge in [-0.2, -0.15) is 0 Å². The molecule has 2 aromatic carbocycles. The molecular formula is C22H19Cl2N3O3S. The maximum atomic E-state index is 12.9. The van der Waals surface area contributed by atoms with Crippen molar-refractivity contribution in [2.45, 2.75) is 0 Å². The lowest BCUT2D eigenvalue weighted by atomic mass is 10.1.